The van der Waals surface area contributed by atoms with Gasteiger partial charge in [-0.2, -0.15) is 0 Å². The molecule has 0 saturated carbocycles. The molecule has 0 radical (unpaired) electrons. The molecule has 1 aliphatic heterocycles. The highest BCUT2D eigenvalue weighted by molar-refractivity contribution is 5.05. The third-order valence-electron chi connectivity index (χ3n) is 3.52. The van der Waals surface area contributed by atoms with Crippen LogP contribution in [0.4, 0.5) is 0 Å². The molecule has 0 amide bonds. The van der Waals surface area contributed by atoms with Gasteiger partial charge in [0.05, 0.1) is 12.5 Å². The average molecular weight is 248 g/mol. The second-order valence-corrected chi connectivity index (χ2v) is 5.37. The molecule has 0 aliphatic carbocycles. The highest BCUT2D eigenvalue weighted by Crippen LogP contribution is 2.11. The van der Waals surface area contributed by atoms with Gasteiger partial charge in [-0.25, -0.2) is 0 Å². The fourth-order valence-corrected chi connectivity index (χ4v) is 2.29. The molecule has 100 valence electrons. The molecule has 2 heterocycles. The molecule has 2 rings (SSSR count). The maximum Gasteiger partial charge on any atom is 0.0947 e. The van der Waals surface area contributed by atoms with E-state index in [1.165, 1.54) is 37.1 Å². The summed E-state index contributed by atoms with van der Waals surface area (Å²) in [7, 11) is 0. The molecule has 1 aromatic rings. The van der Waals surface area contributed by atoms with Crippen molar-refractivity contribution in [1.29, 1.82) is 0 Å². The van der Waals surface area contributed by atoms with Crippen LogP contribution in [0.1, 0.15) is 32.3 Å². The van der Waals surface area contributed by atoms with Crippen molar-refractivity contribution in [3.63, 3.8) is 0 Å². The van der Waals surface area contributed by atoms with Crippen LogP contribution in [-0.2, 0) is 6.54 Å². The summed E-state index contributed by atoms with van der Waals surface area (Å²) in [5.41, 5.74) is 2.65. The number of likely N-dealkylation sites (tertiary alicyclic amines) is 1. The lowest BCUT2D eigenvalue weighted by Crippen LogP contribution is -2.42. The maximum absolute atomic E-state index is 5.07. The van der Waals surface area contributed by atoms with E-state index < -0.39 is 0 Å². The van der Waals surface area contributed by atoms with Crippen molar-refractivity contribution in [3.05, 3.63) is 35.8 Å². The Morgan fingerprint density at radius 2 is 2.22 bits per heavy atom. The summed E-state index contributed by atoms with van der Waals surface area (Å²) in [4.78, 5) is 2.53. The molecule has 1 fully saturated rings. The zero-order valence-electron chi connectivity index (χ0n) is 11.5. The maximum atomic E-state index is 5.07. The van der Waals surface area contributed by atoms with E-state index in [1.807, 2.05) is 12.3 Å². The molecule has 1 saturated heterocycles. The summed E-state index contributed by atoms with van der Waals surface area (Å²) in [6, 6.07) is 2.68. The summed E-state index contributed by atoms with van der Waals surface area (Å²) in [6.45, 7) is 8.77. The summed E-state index contributed by atoms with van der Waals surface area (Å²) in [5.74, 6) is 0. The molecule has 0 aromatic carbocycles. The lowest BCUT2D eigenvalue weighted by atomic mass is 10.0. The van der Waals surface area contributed by atoms with Crippen LogP contribution in [0.25, 0.3) is 0 Å². The predicted octanol–water partition coefficient (Wildman–Crippen LogP) is 2.80. The van der Waals surface area contributed by atoms with E-state index in [-0.39, 0.29) is 0 Å². The Morgan fingerprint density at radius 3 is 2.83 bits per heavy atom. The molecule has 1 aliphatic rings. The van der Waals surface area contributed by atoms with Crippen molar-refractivity contribution in [3.8, 4) is 0 Å². The normalized spacial score (nSPS) is 17.9. The van der Waals surface area contributed by atoms with Gasteiger partial charge in [0.2, 0.25) is 0 Å². The topological polar surface area (TPSA) is 28.4 Å². The van der Waals surface area contributed by atoms with Crippen molar-refractivity contribution in [1.82, 2.24) is 10.2 Å². The van der Waals surface area contributed by atoms with Crippen LogP contribution >= 0.6 is 0 Å². The van der Waals surface area contributed by atoms with Crippen LogP contribution in [-0.4, -0.2) is 30.6 Å². The van der Waals surface area contributed by atoms with Gasteiger partial charge in [0, 0.05) is 24.7 Å². The van der Waals surface area contributed by atoms with E-state index in [0.29, 0.717) is 6.04 Å². The van der Waals surface area contributed by atoms with E-state index >= 15 is 0 Å². The van der Waals surface area contributed by atoms with Crippen LogP contribution in [0.15, 0.2) is 34.7 Å². The Bertz CT molecular complexity index is 358. The first kappa shape index (κ1) is 13.4. The Kier molecular flexibility index (Phi) is 5.02. The number of hydrogen-bond acceptors (Lipinski definition) is 3. The fourth-order valence-electron chi connectivity index (χ4n) is 2.29. The van der Waals surface area contributed by atoms with E-state index in [1.54, 1.807) is 6.26 Å². The van der Waals surface area contributed by atoms with Gasteiger partial charge in [0.25, 0.3) is 0 Å². The first-order valence-corrected chi connectivity index (χ1v) is 6.84. The quantitative estimate of drug-likeness (QED) is 0.812. The largest absolute Gasteiger partial charge is 0.472 e. The van der Waals surface area contributed by atoms with Crippen LogP contribution < -0.4 is 5.32 Å². The molecule has 0 unspecified atom stereocenters. The third-order valence-corrected chi connectivity index (χ3v) is 3.52. The second kappa shape index (κ2) is 6.76. The van der Waals surface area contributed by atoms with Crippen molar-refractivity contribution in [2.45, 2.75) is 39.3 Å². The van der Waals surface area contributed by atoms with Crippen molar-refractivity contribution >= 4 is 0 Å². The molecule has 1 aromatic heterocycles. The van der Waals surface area contributed by atoms with Gasteiger partial charge < -0.3 is 9.73 Å². The van der Waals surface area contributed by atoms with Crippen LogP contribution in [0.5, 0.6) is 0 Å². The number of furan rings is 1. The van der Waals surface area contributed by atoms with E-state index in [2.05, 4.69) is 30.1 Å². The van der Waals surface area contributed by atoms with Gasteiger partial charge in [-0.05, 0) is 45.8 Å². The first-order chi connectivity index (χ1) is 8.74. The molecule has 1 N–H and O–H groups in total. The highest BCUT2D eigenvalue weighted by Gasteiger charge is 2.17. The summed E-state index contributed by atoms with van der Waals surface area (Å²) in [6.07, 6.45) is 8.36. The van der Waals surface area contributed by atoms with Crippen molar-refractivity contribution < 1.29 is 4.42 Å². The summed E-state index contributed by atoms with van der Waals surface area (Å²) >= 11 is 0. The van der Waals surface area contributed by atoms with E-state index in [4.69, 9.17) is 4.42 Å². The van der Waals surface area contributed by atoms with Gasteiger partial charge in [-0.1, -0.05) is 11.6 Å². The SMILES string of the molecule is CC(C)=CCN1CCC(NCc2ccoc2)CC1. The van der Waals surface area contributed by atoms with Crippen molar-refractivity contribution in [2.75, 3.05) is 19.6 Å². The molecule has 18 heavy (non-hydrogen) atoms. The standard InChI is InChI=1S/C15H24N2O/c1-13(2)3-7-17-8-4-15(5-9-17)16-11-14-6-10-18-12-14/h3,6,10,12,15-16H,4-5,7-9,11H2,1-2H3. The molecular formula is C15H24N2O. The van der Waals surface area contributed by atoms with Crippen LogP contribution in [0.2, 0.25) is 0 Å². The Balaban J connectivity index is 1.65. The number of piperidine rings is 1. The molecule has 3 nitrogen and oxygen atoms in total. The van der Waals surface area contributed by atoms with Gasteiger partial charge >= 0.3 is 0 Å². The lowest BCUT2D eigenvalue weighted by molar-refractivity contribution is 0.214. The summed E-state index contributed by atoms with van der Waals surface area (Å²) < 4.78 is 5.07. The number of nitrogens with zero attached hydrogens (tertiary/aromatic N) is 1. The van der Waals surface area contributed by atoms with Gasteiger partial charge in [-0.3, -0.25) is 4.90 Å². The monoisotopic (exact) mass is 248 g/mol. The Hall–Kier alpha value is -1.06. The molecule has 3 heteroatoms. The Morgan fingerprint density at radius 1 is 1.44 bits per heavy atom. The van der Waals surface area contributed by atoms with Gasteiger partial charge in [-0.15, -0.1) is 0 Å². The minimum atomic E-state index is 0.655. The fraction of sp³-hybridized carbons (Fsp3) is 0.600. The number of hydrogen-bond donors (Lipinski definition) is 1. The van der Waals surface area contributed by atoms with Crippen LogP contribution in [0.3, 0.4) is 0 Å². The number of rotatable bonds is 5. The average Bonchev–Trinajstić information content (AvgIpc) is 2.88. The second-order valence-electron chi connectivity index (χ2n) is 5.37. The minimum Gasteiger partial charge on any atom is -0.472 e. The zero-order valence-corrected chi connectivity index (χ0v) is 11.5. The van der Waals surface area contributed by atoms with Crippen molar-refractivity contribution in [2.24, 2.45) is 0 Å². The molecular weight excluding hydrogens is 224 g/mol. The highest BCUT2D eigenvalue weighted by atomic mass is 16.3. The smallest absolute Gasteiger partial charge is 0.0947 e. The third kappa shape index (κ3) is 4.31. The predicted molar refractivity (Wildman–Crippen MR) is 74.4 cm³/mol. The number of nitrogens with one attached hydrogen (secondary N) is 1. The summed E-state index contributed by atoms with van der Waals surface area (Å²) in [5, 5.41) is 3.61. The lowest BCUT2D eigenvalue weighted by Gasteiger charge is -2.31. The van der Waals surface area contributed by atoms with E-state index in [0.717, 1.165) is 13.1 Å². The van der Waals surface area contributed by atoms with Crippen LogP contribution in [0, 0.1) is 0 Å². The van der Waals surface area contributed by atoms with Gasteiger partial charge in [0.15, 0.2) is 0 Å². The first-order valence-electron chi connectivity index (χ1n) is 6.84. The number of allylic oxidation sites excluding steroid dienone is 1. The Labute approximate surface area is 110 Å². The molecule has 0 atom stereocenters. The van der Waals surface area contributed by atoms with E-state index in [9.17, 15) is 0 Å². The van der Waals surface area contributed by atoms with Gasteiger partial charge in [0.1, 0.15) is 0 Å². The molecule has 0 spiro atoms. The molecule has 0 bridgehead atoms. The zero-order chi connectivity index (χ0) is 12.8. The minimum absolute atomic E-state index is 0.655.